The summed E-state index contributed by atoms with van der Waals surface area (Å²) in [5, 5.41) is 12.9. The van der Waals surface area contributed by atoms with Crippen molar-refractivity contribution in [2.24, 2.45) is 0 Å². The van der Waals surface area contributed by atoms with Gasteiger partial charge in [-0.15, -0.1) is 10.2 Å². The normalized spacial score (nSPS) is 14.4. The van der Waals surface area contributed by atoms with Crippen molar-refractivity contribution >= 4 is 29.3 Å². The lowest BCUT2D eigenvalue weighted by Crippen LogP contribution is -2.38. The molecular formula is C23H25ClFN5O2S. The lowest BCUT2D eigenvalue weighted by atomic mass is 10.2. The molecule has 1 amide bonds. The van der Waals surface area contributed by atoms with Gasteiger partial charge in [0, 0.05) is 43.3 Å². The standard InChI is InChI=1S/C23H25ClFN5O2S/c24-19-3-1-2-17(14-19)15-26-21(31)16-33-23-28-27-22(18-4-6-20(25)7-5-18)30(23)9-8-29-10-12-32-13-11-29/h1-7,14H,8-13,15-16H2,(H,26,31). The first-order chi connectivity index (χ1) is 16.1. The van der Waals surface area contributed by atoms with Crippen LogP contribution in [0, 0.1) is 5.82 Å². The van der Waals surface area contributed by atoms with Crippen LogP contribution in [0.5, 0.6) is 0 Å². The fraction of sp³-hybridized carbons (Fsp3) is 0.348. The molecule has 1 N–H and O–H groups in total. The minimum absolute atomic E-state index is 0.106. The number of benzene rings is 2. The molecule has 10 heteroatoms. The van der Waals surface area contributed by atoms with Crippen molar-refractivity contribution in [2.75, 3.05) is 38.6 Å². The van der Waals surface area contributed by atoms with Crippen molar-refractivity contribution in [3.63, 3.8) is 0 Å². The number of hydrogen-bond acceptors (Lipinski definition) is 6. The Morgan fingerprint density at radius 2 is 1.91 bits per heavy atom. The van der Waals surface area contributed by atoms with Gasteiger partial charge in [0.2, 0.25) is 5.91 Å². The van der Waals surface area contributed by atoms with Crippen molar-refractivity contribution in [3.8, 4) is 11.4 Å². The van der Waals surface area contributed by atoms with Crippen molar-refractivity contribution in [3.05, 3.63) is 64.9 Å². The molecule has 0 aliphatic carbocycles. The molecule has 174 valence electrons. The predicted molar refractivity (Wildman–Crippen MR) is 127 cm³/mol. The van der Waals surface area contributed by atoms with Gasteiger partial charge in [0.05, 0.1) is 19.0 Å². The molecule has 7 nitrogen and oxygen atoms in total. The highest BCUT2D eigenvalue weighted by Crippen LogP contribution is 2.24. The van der Waals surface area contributed by atoms with E-state index in [0.717, 1.165) is 44.0 Å². The lowest BCUT2D eigenvalue weighted by Gasteiger charge is -2.27. The highest BCUT2D eigenvalue weighted by atomic mass is 35.5. The third-order valence-electron chi connectivity index (χ3n) is 5.27. The van der Waals surface area contributed by atoms with E-state index in [1.54, 1.807) is 18.2 Å². The van der Waals surface area contributed by atoms with Crippen molar-refractivity contribution in [1.29, 1.82) is 0 Å². The number of amides is 1. The Kier molecular flexibility index (Phi) is 8.33. The molecule has 0 spiro atoms. The summed E-state index contributed by atoms with van der Waals surface area (Å²) < 4.78 is 20.8. The van der Waals surface area contributed by atoms with Gasteiger partial charge in [-0.2, -0.15) is 0 Å². The van der Waals surface area contributed by atoms with Crippen LogP contribution < -0.4 is 5.32 Å². The molecule has 1 aliphatic rings. The molecule has 1 aliphatic heterocycles. The fourth-order valence-electron chi connectivity index (χ4n) is 3.50. The number of rotatable bonds is 9. The molecule has 1 fully saturated rings. The Bertz CT molecular complexity index is 1070. The van der Waals surface area contributed by atoms with Crippen LogP contribution >= 0.6 is 23.4 Å². The topological polar surface area (TPSA) is 72.3 Å². The number of carbonyl (C=O) groups is 1. The van der Waals surface area contributed by atoms with E-state index in [4.69, 9.17) is 16.3 Å². The van der Waals surface area contributed by atoms with Gasteiger partial charge in [-0.05, 0) is 42.0 Å². The van der Waals surface area contributed by atoms with E-state index < -0.39 is 0 Å². The molecular weight excluding hydrogens is 465 g/mol. The molecule has 1 saturated heterocycles. The van der Waals surface area contributed by atoms with Crippen molar-refractivity contribution in [1.82, 2.24) is 25.0 Å². The monoisotopic (exact) mass is 489 g/mol. The molecule has 2 heterocycles. The van der Waals surface area contributed by atoms with Crippen LogP contribution in [0.2, 0.25) is 5.02 Å². The Balaban J connectivity index is 1.42. The summed E-state index contributed by atoms with van der Waals surface area (Å²) in [6, 6.07) is 13.6. The van der Waals surface area contributed by atoms with E-state index in [2.05, 4.69) is 20.4 Å². The summed E-state index contributed by atoms with van der Waals surface area (Å²) in [6.45, 7) is 5.08. The van der Waals surface area contributed by atoms with Crippen LogP contribution in [0.3, 0.4) is 0 Å². The van der Waals surface area contributed by atoms with Crippen LogP contribution in [0.15, 0.2) is 53.7 Å². The smallest absolute Gasteiger partial charge is 0.230 e. The van der Waals surface area contributed by atoms with Gasteiger partial charge in [0.25, 0.3) is 0 Å². The van der Waals surface area contributed by atoms with Crippen LogP contribution in [0.25, 0.3) is 11.4 Å². The molecule has 3 aromatic rings. The Hall–Kier alpha value is -2.46. The third-order valence-corrected chi connectivity index (χ3v) is 6.48. The number of halogens is 2. The van der Waals surface area contributed by atoms with Gasteiger partial charge in [-0.3, -0.25) is 9.69 Å². The van der Waals surface area contributed by atoms with E-state index >= 15 is 0 Å². The SMILES string of the molecule is O=C(CSc1nnc(-c2ccc(F)cc2)n1CCN1CCOCC1)NCc1cccc(Cl)c1. The third kappa shape index (κ3) is 6.77. The maximum Gasteiger partial charge on any atom is 0.230 e. The number of nitrogens with zero attached hydrogens (tertiary/aromatic N) is 4. The molecule has 0 radical (unpaired) electrons. The quantitative estimate of drug-likeness (QED) is 0.464. The maximum atomic E-state index is 13.4. The van der Waals surface area contributed by atoms with Gasteiger partial charge in [-0.1, -0.05) is 35.5 Å². The average Bonchev–Trinajstić information content (AvgIpc) is 3.24. The summed E-state index contributed by atoms with van der Waals surface area (Å²) in [6.07, 6.45) is 0. The van der Waals surface area contributed by atoms with E-state index in [1.807, 2.05) is 22.8 Å². The zero-order valence-corrected chi connectivity index (χ0v) is 19.6. The number of thioether (sulfide) groups is 1. The summed E-state index contributed by atoms with van der Waals surface area (Å²) in [4.78, 5) is 14.7. The summed E-state index contributed by atoms with van der Waals surface area (Å²) in [7, 11) is 0. The number of aromatic nitrogens is 3. The zero-order chi connectivity index (χ0) is 23.0. The van der Waals surface area contributed by atoms with Gasteiger partial charge >= 0.3 is 0 Å². The van der Waals surface area contributed by atoms with Crippen LogP contribution in [-0.4, -0.2) is 64.2 Å². The molecule has 2 aromatic carbocycles. The van der Waals surface area contributed by atoms with E-state index in [1.165, 1.54) is 23.9 Å². The van der Waals surface area contributed by atoms with Crippen molar-refractivity contribution in [2.45, 2.75) is 18.2 Å². The largest absolute Gasteiger partial charge is 0.379 e. The average molecular weight is 490 g/mol. The lowest BCUT2D eigenvalue weighted by molar-refractivity contribution is -0.118. The highest BCUT2D eigenvalue weighted by Gasteiger charge is 2.18. The molecule has 0 saturated carbocycles. The Morgan fingerprint density at radius 3 is 2.67 bits per heavy atom. The second-order valence-electron chi connectivity index (χ2n) is 7.61. The van der Waals surface area contributed by atoms with Gasteiger partial charge < -0.3 is 14.6 Å². The number of carbonyl (C=O) groups excluding carboxylic acids is 1. The summed E-state index contributed by atoms with van der Waals surface area (Å²) in [5.74, 6) is 0.458. The van der Waals surface area contributed by atoms with Gasteiger partial charge in [-0.25, -0.2) is 4.39 Å². The van der Waals surface area contributed by atoms with E-state index in [-0.39, 0.29) is 17.5 Å². The van der Waals surface area contributed by atoms with Crippen LogP contribution in [-0.2, 0) is 22.6 Å². The summed E-state index contributed by atoms with van der Waals surface area (Å²) in [5.41, 5.74) is 1.72. The Morgan fingerprint density at radius 1 is 1.12 bits per heavy atom. The molecule has 1 aromatic heterocycles. The number of morpholine rings is 1. The first-order valence-corrected chi connectivity index (χ1v) is 12.1. The molecule has 4 rings (SSSR count). The minimum Gasteiger partial charge on any atom is -0.379 e. The second kappa shape index (κ2) is 11.6. The van der Waals surface area contributed by atoms with Gasteiger partial charge in [0.1, 0.15) is 5.82 Å². The van der Waals surface area contributed by atoms with Crippen LogP contribution in [0.1, 0.15) is 5.56 Å². The number of ether oxygens (including phenoxy) is 1. The number of hydrogen-bond donors (Lipinski definition) is 1. The molecule has 0 bridgehead atoms. The Labute approximate surface area is 201 Å². The van der Waals surface area contributed by atoms with Crippen molar-refractivity contribution < 1.29 is 13.9 Å². The molecule has 33 heavy (non-hydrogen) atoms. The molecule has 0 unspecified atom stereocenters. The summed E-state index contributed by atoms with van der Waals surface area (Å²) >= 11 is 7.33. The second-order valence-corrected chi connectivity index (χ2v) is 8.99. The molecule has 0 atom stereocenters. The maximum absolute atomic E-state index is 13.4. The first-order valence-electron chi connectivity index (χ1n) is 10.7. The van der Waals surface area contributed by atoms with E-state index in [0.29, 0.717) is 29.1 Å². The highest BCUT2D eigenvalue weighted by molar-refractivity contribution is 7.99. The first kappa shape index (κ1) is 23.7. The predicted octanol–water partition coefficient (Wildman–Crippen LogP) is 3.48. The zero-order valence-electron chi connectivity index (χ0n) is 18.0. The fourth-order valence-corrected chi connectivity index (χ4v) is 4.51. The van der Waals surface area contributed by atoms with Gasteiger partial charge in [0.15, 0.2) is 11.0 Å². The van der Waals surface area contributed by atoms with E-state index in [9.17, 15) is 9.18 Å². The van der Waals surface area contributed by atoms with Crippen LogP contribution in [0.4, 0.5) is 4.39 Å². The number of nitrogens with one attached hydrogen (secondary N) is 1. The minimum atomic E-state index is -0.302.